The van der Waals surface area contributed by atoms with E-state index in [1.807, 2.05) is 0 Å². The van der Waals surface area contributed by atoms with Crippen molar-refractivity contribution in [1.29, 1.82) is 0 Å². The molecule has 2 rings (SSSR count). The molecule has 0 aliphatic carbocycles. The minimum Gasteiger partial charge on any atom is -0.335 e. The molecule has 106 valence electrons. The summed E-state index contributed by atoms with van der Waals surface area (Å²) in [6, 6.07) is 4.66. The Bertz CT molecular complexity index is 578. The van der Waals surface area contributed by atoms with Crippen molar-refractivity contribution in [2.24, 2.45) is 0 Å². The van der Waals surface area contributed by atoms with Gasteiger partial charge in [0.05, 0.1) is 5.56 Å². The number of benzene rings is 1. The van der Waals surface area contributed by atoms with Crippen LogP contribution in [0.4, 0.5) is 13.2 Å². The number of carbonyl (C=O) groups is 1. The number of carbonyl (C=O) groups excluding carboxylic acids is 1. The predicted octanol–water partition coefficient (Wildman–Crippen LogP) is 2.10. The molecule has 1 amide bonds. The monoisotopic (exact) mass is 284 g/mol. The number of hydrogen-bond acceptors (Lipinski definition) is 3. The fourth-order valence-corrected chi connectivity index (χ4v) is 1.63. The topological polar surface area (TPSA) is 61.9 Å². The first-order valence-electron chi connectivity index (χ1n) is 5.65. The highest BCUT2D eigenvalue weighted by Gasteiger charge is 2.30. The lowest BCUT2D eigenvalue weighted by Crippen LogP contribution is -2.27. The van der Waals surface area contributed by atoms with Crippen LogP contribution in [0.15, 0.2) is 30.6 Å². The lowest BCUT2D eigenvalue weighted by molar-refractivity contribution is -0.137. The first-order chi connectivity index (χ1) is 9.38. The van der Waals surface area contributed by atoms with Crippen molar-refractivity contribution in [3.05, 3.63) is 47.5 Å². The Morgan fingerprint density at radius 3 is 2.45 bits per heavy atom. The molecular weight excluding hydrogens is 273 g/mol. The summed E-state index contributed by atoms with van der Waals surface area (Å²) in [6.45, 7) is 0.178. The van der Waals surface area contributed by atoms with Crippen molar-refractivity contribution >= 4 is 5.91 Å². The number of amides is 1. The molecule has 8 heteroatoms. The fraction of sp³-hybridized carbons (Fsp3) is 0.250. The maximum Gasteiger partial charge on any atom is 0.416 e. The zero-order chi connectivity index (χ0) is 14.8. The predicted molar refractivity (Wildman–Crippen MR) is 63.6 cm³/mol. The first kappa shape index (κ1) is 14.0. The second-order valence-electron chi connectivity index (χ2n) is 4.19. The van der Waals surface area contributed by atoms with E-state index in [0.717, 1.165) is 12.1 Å². The van der Waals surface area contributed by atoms with Crippen LogP contribution in [-0.2, 0) is 12.7 Å². The third-order valence-electron chi connectivity index (χ3n) is 2.67. The molecular formula is C12H11F3N4O. The Kier molecular flexibility index (Phi) is 3.73. The van der Waals surface area contributed by atoms with Crippen molar-refractivity contribution < 1.29 is 18.0 Å². The molecule has 0 aliphatic heterocycles. The Morgan fingerprint density at radius 2 is 1.95 bits per heavy atom. The number of rotatable bonds is 3. The Hall–Kier alpha value is -2.38. The Morgan fingerprint density at radius 1 is 1.30 bits per heavy atom. The van der Waals surface area contributed by atoms with Gasteiger partial charge in [0.2, 0.25) is 5.82 Å². The van der Waals surface area contributed by atoms with E-state index in [4.69, 9.17) is 0 Å². The van der Waals surface area contributed by atoms with Crippen molar-refractivity contribution in [3.8, 4) is 0 Å². The lowest BCUT2D eigenvalue weighted by atomic mass is 10.1. The second kappa shape index (κ2) is 5.32. The average molecular weight is 284 g/mol. The van der Waals surface area contributed by atoms with Gasteiger partial charge in [0, 0.05) is 13.6 Å². The van der Waals surface area contributed by atoms with Gasteiger partial charge in [-0.25, -0.2) is 4.98 Å². The van der Waals surface area contributed by atoms with E-state index >= 15 is 0 Å². The molecule has 0 radical (unpaired) electrons. The summed E-state index contributed by atoms with van der Waals surface area (Å²) in [5.74, 6) is -0.304. The number of aromatic nitrogens is 3. The fourth-order valence-electron chi connectivity index (χ4n) is 1.63. The molecule has 0 atom stereocenters. The van der Waals surface area contributed by atoms with E-state index in [0.29, 0.717) is 5.56 Å². The Labute approximate surface area is 112 Å². The van der Waals surface area contributed by atoms with Crippen molar-refractivity contribution in [1.82, 2.24) is 20.1 Å². The summed E-state index contributed by atoms with van der Waals surface area (Å²) in [5.41, 5.74) is -0.126. The molecule has 1 heterocycles. The van der Waals surface area contributed by atoms with Crippen LogP contribution in [0.2, 0.25) is 0 Å². The van der Waals surface area contributed by atoms with Gasteiger partial charge in [-0.05, 0) is 17.7 Å². The van der Waals surface area contributed by atoms with Gasteiger partial charge in [-0.3, -0.25) is 9.89 Å². The number of H-pyrrole nitrogens is 1. The van der Waals surface area contributed by atoms with Crippen LogP contribution in [0.5, 0.6) is 0 Å². The normalized spacial score (nSPS) is 11.4. The maximum atomic E-state index is 12.4. The summed E-state index contributed by atoms with van der Waals surface area (Å²) in [5, 5.41) is 5.99. The second-order valence-corrected chi connectivity index (χ2v) is 4.19. The molecule has 1 N–H and O–H groups in total. The molecule has 0 unspecified atom stereocenters. The smallest absolute Gasteiger partial charge is 0.335 e. The number of hydrogen-bond donors (Lipinski definition) is 1. The van der Waals surface area contributed by atoms with E-state index in [-0.39, 0.29) is 18.3 Å². The van der Waals surface area contributed by atoms with E-state index in [1.165, 1.54) is 30.4 Å². The zero-order valence-corrected chi connectivity index (χ0v) is 10.5. The number of nitrogens with zero attached hydrogens (tertiary/aromatic N) is 3. The highest BCUT2D eigenvalue weighted by atomic mass is 19.4. The van der Waals surface area contributed by atoms with E-state index < -0.39 is 11.7 Å². The maximum absolute atomic E-state index is 12.4. The van der Waals surface area contributed by atoms with Crippen molar-refractivity contribution in [2.75, 3.05) is 7.05 Å². The standard InChI is InChI=1S/C12H11F3N4O/c1-19(11(20)10-16-7-17-18-10)6-8-2-4-9(5-3-8)12(13,14)15/h2-5,7H,6H2,1H3,(H,16,17,18). The third kappa shape index (κ3) is 3.14. The minimum absolute atomic E-state index is 0.0828. The molecule has 1 aromatic heterocycles. The van der Waals surface area contributed by atoms with Crippen molar-refractivity contribution in [2.45, 2.75) is 12.7 Å². The first-order valence-corrected chi connectivity index (χ1v) is 5.65. The summed E-state index contributed by atoms with van der Waals surface area (Å²) in [4.78, 5) is 16.9. The summed E-state index contributed by atoms with van der Waals surface area (Å²) < 4.78 is 37.2. The van der Waals surface area contributed by atoms with Gasteiger partial charge in [0.15, 0.2) is 0 Å². The summed E-state index contributed by atoms with van der Waals surface area (Å²) in [7, 11) is 1.53. The summed E-state index contributed by atoms with van der Waals surface area (Å²) >= 11 is 0. The molecule has 20 heavy (non-hydrogen) atoms. The SMILES string of the molecule is CN(Cc1ccc(C(F)(F)F)cc1)C(=O)c1ncn[nH]1. The van der Waals surface area contributed by atoms with Gasteiger partial charge in [0.1, 0.15) is 6.33 Å². The van der Waals surface area contributed by atoms with E-state index in [2.05, 4.69) is 15.2 Å². The number of nitrogens with one attached hydrogen (secondary N) is 1. The van der Waals surface area contributed by atoms with Crippen LogP contribution in [0.3, 0.4) is 0 Å². The van der Waals surface area contributed by atoms with Crippen LogP contribution in [0.1, 0.15) is 21.7 Å². The van der Waals surface area contributed by atoms with E-state index in [9.17, 15) is 18.0 Å². The van der Waals surface area contributed by atoms with Crippen LogP contribution < -0.4 is 0 Å². The van der Waals surface area contributed by atoms with Gasteiger partial charge >= 0.3 is 6.18 Å². The number of halogens is 3. The molecule has 0 aliphatic rings. The molecule has 0 saturated heterocycles. The van der Waals surface area contributed by atoms with E-state index in [1.54, 1.807) is 0 Å². The Balaban J connectivity index is 2.05. The molecule has 5 nitrogen and oxygen atoms in total. The van der Waals surface area contributed by atoms with Gasteiger partial charge in [0.25, 0.3) is 5.91 Å². The number of alkyl halides is 3. The molecule has 0 saturated carbocycles. The highest BCUT2D eigenvalue weighted by molar-refractivity contribution is 5.90. The van der Waals surface area contributed by atoms with Gasteiger partial charge in [-0.1, -0.05) is 12.1 Å². The average Bonchev–Trinajstić information content (AvgIpc) is 2.91. The van der Waals surface area contributed by atoms with Crippen LogP contribution in [0.25, 0.3) is 0 Å². The lowest BCUT2D eigenvalue weighted by Gasteiger charge is -2.16. The van der Waals surface area contributed by atoms with Crippen LogP contribution in [0, 0.1) is 0 Å². The van der Waals surface area contributed by atoms with Crippen LogP contribution in [-0.4, -0.2) is 33.0 Å². The molecule has 2 aromatic rings. The molecule has 0 fully saturated rings. The molecule has 0 bridgehead atoms. The molecule has 1 aromatic carbocycles. The van der Waals surface area contributed by atoms with Gasteiger partial charge < -0.3 is 4.90 Å². The minimum atomic E-state index is -4.36. The van der Waals surface area contributed by atoms with Crippen molar-refractivity contribution in [3.63, 3.8) is 0 Å². The number of aromatic amines is 1. The molecule has 0 spiro atoms. The highest BCUT2D eigenvalue weighted by Crippen LogP contribution is 2.29. The van der Waals surface area contributed by atoms with Gasteiger partial charge in [-0.2, -0.15) is 18.3 Å². The van der Waals surface area contributed by atoms with Crippen LogP contribution >= 0.6 is 0 Å². The quantitative estimate of drug-likeness (QED) is 0.938. The zero-order valence-electron chi connectivity index (χ0n) is 10.5. The summed E-state index contributed by atoms with van der Waals surface area (Å²) in [6.07, 6.45) is -3.15. The largest absolute Gasteiger partial charge is 0.416 e. The third-order valence-corrected chi connectivity index (χ3v) is 2.67. The van der Waals surface area contributed by atoms with Gasteiger partial charge in [-0.15, -0.1) is 0 Å².